The Morgan fingerprint density at radius 1 is 1.00 bits per heavy atom. The SMILES string of the molecule is CCNC(Cc1cc(C)cc(C)c1)c1ccc(Br)cc1. The number of benzene rings is 2. The zero-order valence-electron chi connectivity index (χ0n) is 12.4. The van der Waals surface area contributed by atoms with Crippen LogP contribution in [-0.4, -0.2) is 6.54 Å². The van der Waals surface area contributed by atoms with Crippen LogP contribution in [0.2, 0.25) is 0 Å². The van der Waals surface area contributed by atoms with Gasteiger partial charge in [-0.25, -0.2) is 0 Å². The lowest BCUT2D eigenvalue weighted by molar-refractivity contribution is 0.549. The zero-order valence-corrected chi connectivity index (χ0v) is 14.0. The Kier molecular flexibility index (Phi) is 5.38. The first-order valence-corrected chi connectivity index (χ1v) is 7.94. The highest BCUT2D eigenvalue weighted by atomic mass is 79.9. The molecule has 20 heavy (non-hydrogen) atoms. The van der Waals surface area contributed by atoms with Crippen LogP contribution in [-0.2, 0) is 6.42 Å². The molecule has 0 bridgehead atoms. The number of halogens is 1. The van der Waals surface area contributed by atoms with E-state index in [0.717, 1.165) is 17.4 Å². The molecule has 1 atom stereocenters. The van der Waals surface area contributed by atoms with Crippen molar-refractivity contribution >= 4 is 15.9 Å². The normalized spacial score (nSPS) is 12.4. The fraction of sp³-hybridized carbons (Fsp3) is 0.333. The molecule has 2 aromatic rings. The predicted octanol–water partition coefficient (Wildman–Crippen LogP) is 4.96. The average Bonchev–Trinajstić information content (AvgIpc) is 2.38. The summed E-state index contributed by atoms with van der Waals surface area (Å²) in [5.41, 5.74) is 5.42. The van der Waals surface area contributed by atoms with Crippen molar-refractivity contribution in [2.75, 3.05) is 6.54 Å². The third kappa shape index (κ3) is 4.19. The van der Waals surface area contributed by atoms with Gasteiger partial charge in [0.2, 0.25) is 0 Å². The Morgan fingerprint density at radius 3 is 2.15 bits per heavy atom. The summed E-state index contributed by atoms with van der Waals surface area (Å²) >= 11 is 3.50. The molecule has 0 saturated carbocycles. The quantitative estimate of drug-likeness (QED) is 0.816. The molecule has 0 heterocycles. The first-order valence-electron chi connectivity index (χ1n) is 7.14. The lowest BCUT2D eigenvalue weighted by Crippen LogP contribution is -2.23. The smallest absolute Gasteiger partial charge is 0.0360 e. The van der Waals surface area contributed by atoms with Crippen molar-refractivity contribution in [1.29, 1.82) is 0 Å². The first-order chi connectivity index (χ1) is 9.58. The van der Waals surface area contributed by atoms with Gasteiger partial charge in [0.1, 0.15) is 0 Å². The second kappa shape index (κ2) is 7.05. The van der Waals surface area contributed by atoms with E-state index in [-0.39, 0.29) is 0 Å². The summed E-state index contributed by atoms with van der Waals surface area (Å²) in [5, 5.41) is 3.59. The highest BCUT2D eigenvalue weighted by Gasteiger charge is 2.11. The second-order valence-electron chi connectivity index (χ2n) is 5.36. The van der Waals surface area contributed by atoms with Gasteiger partial charge in [-0.1, -0.05) is 64.3 Å². The Labute approximate surface area is 130 Å². The lowest BCUT2D eigenvalue weighted by Gasteiger charge is -2.19. The number of rotatable bonds is 5. The number of likely N-dealkylation sites (N-methyl/N-ethyl adjacent to an activating group) is 1. The molecule has 2 heteroatoms. The highest BCUT2D eigenvalue weighted by Crippen LogP contribution is 2.22. The van der Waals surface area contributed by atoms with Crippen LogP contribution in [0.5, 0.6) is 0 Å². The summed E-state index contributed by atoms with van der Waals surface area (Å²) in [7, 11) is 0. The minimum atomic E-state index is 0.370. The van der Waals surface area contributed by atoms with Crippen LogP contribution in [0.3, 0.4) is 0 Å². The van der Waals surface area contributed by atoms with E-state index in [1.165, 1.54) is 22.3 Å². The van der Waals surface area contributed by atoms with E-state index in [2.05, 4.69) is 84.5 Å². The van der Waals surface area contributed by atoms with E-state index in [9.17, 15) is 0 Å². The number of hydrogen-bond donors (Lipinski definition) is 1. The number of hydrogen-bond acceptors (Lipinski definition) is 1. The summed E-state index contributed by atoms with van der Waals surface area (Å²) < 4.78 is 1.13. The largest absolute Gasteiger partial charge is 0.310 e. The highest BCUT2D eigenvalue weighted by molar-refractivity contribution is 9.10. The summed E-state index contributed by atoms with van der Waals surface area (Å²) in [6, 6.07) is 15.8. The van der Waals surface area contributed by atoms with Crippen LogP contribution in [0.25, 0.3) is 0 Å². The first kappa shape index (κ1) is 15.3. The molecular weight excluding hydrogens is 310 g/mol. The van der Waals surface area contributed by atoms with Gasteiger partial charge in [0.15, 0.2) is 0 Å². The molecule has 0 aliphatic rings. The summed E-state index contributed by atoms with van der Waals surface area (Å²) in [5.74, 6) is 0. The third-order valence-corrected chi connectivity index (χ3v) is 3.97. The molecule has 0 aliphatic carbocycles. The molecule has 0 aromatic heterocycles. The Balaban J connectivity index is 2.22. The number of nitrogens with one attached hydrogen (secondary N) is 1. The molecule has 0 spiro atoms. The van der Waals surface area contributed by atoms with Crippen LogP contribution < -0.4 is 5.32 Å². The Bertz CT molecular complexity index is 540. The van der Waals surface area contributed by atoms with Gasteiger partial charge in [-0.2, -0.15) is 0 Å². The van der Waals surface area contributed by atoms with Crippen molar-refractivity contribution in [2.45, 2.75) is 33.2 Å². The van der Waals surface area contributed by atoms with Crippen molar-refractivity contribution < 1.29 is 0 Å². The maximum Gasteiger partial charge on any atom is 0.0360 e. The van der Waals surface area contributed by atoms with Crippen molar-refractivity contribution in [3.63, 3.8) is 0 Å². The molecule has 0 fully saturated rings. The molecule has 0 aliphatic heterocycles. The van der Waals surface area contributed by atoms with Crippen molar-refractivity contribution in [3.8, 4) is 0 Å². The van der Waals surface area contributed by atoms with Crippen molar-refractivity contribution in [1.82, 2.24) is 5.32 Å². The molecular formula is C18H22BrN. The van der Waals surface area contributed by atoms with E-state index >= 15 is 0 Å². The Morgan fingerprint density at radius 2 is 1.60 bits per heavy atom. The van der Waals surface area contributed by atoms with Gasteiger partial charge in [0, 0.05) is 10.5 Å². The summed E-state index contributed by atoms with van der Waals surface area (Å²) in [6.07, 6.45) is 1.03. The Hall–Kier alpha value is -1.12. The van der Waals surface area contributed by atoms with Gasteiger partial charge in [-0.05, 0) is 50.1 Å². The standard InChI is InChI=1S/C18H22BrN/c1-4-20-18(16-5-7-17(19)8-6-16)12-15-10-13(2)9-14(3)11-15/h5-11,18,20H,4,12H2,1-3H3. The zero-order chi connectivity index (χ0) is 14.5. The molecule has 2 aromatic carbocycles. The van der Waals surface area contributed by atoms with Gasteiger partial charge >= 0.3 is 0 Å². The van der Waals surface area contributed by atoms with E-state index in [1.54, 1.807) is 0 Å². The van der Waals surface area contributed by atoms with Crippen LogP contribution >= 0.6 is 15.9 Å². The number of aryl methyl sites for hydroxylation is 2. The molecule has 0 amide bonds. The monoisotopic (exact) mass is 331 g/mol. The van der Waals surface area contributed by atoms with Gasteiger partial charge in [-0.15, -0.1) is 0 Å². The second-order valence-corrected chi connectivity index (χ2v) is 6.28. The third-order valence-electron chi connectivity index (χ3n) is 3.44. The molecule has 2 rings (SSSR count). The van der Waals surface area contributed by atoms with E-state index in [1.807, 2.05) is 0 Å². The molecule has 0 radical (unpaired) electrons. The minimum absolute atomic E-state index is 0.370. The van der Waals surface area contributed by atoms with E-state index < -0.39 is 0 Å². The predicted molar refractivity (Wildman–Crippen MR) is 90.2 cm³/mol. The van der Waals surface area contributed by atoms with Crippen molar-refractivity contribution in [2.24, 2.45) is 0 Å². The average molecular weight is 332 g/mol. The topological polar surface area (TPSA) is 12.0 Å². The summed E-state index contributed by atoms with van der Waals surface area (Å²) in [4.78, 5) is 0. The minimum Gasteiger partial charge on any atom is -0.310 e. The summed E-state index contributed by atoms with van der Waals surface area (Å²) in [6.45, 7) is 7.47. The molecule has 106 valence electrons. The lowest BCUT2D eigenvalue weighted by atomic mass is 9.96. The molecule has 1 N–H and O–H groups in total. The van der Waals surface area contributed by atoms with Crippen molar-refractivity contribution in [3.05, 3.63) is 69.2 Å². The molecule has 1 nitrogen and oxygen atoms in total. The van der Waals surface area contributed by atoms with Crippen LogP contribution in [0.15, 0.2) is 46.9 Å². The van der Waals surface area contributed by atoms with E-state index in [0.29, 0.717) is 6.04 Å². The van der Waals surface area contributed by atoms with Gasteiger partial charge in [0.25, 0.3) is 0 Å². The maximum absolute atomic E-state index is 3.59. The fourth-order valence-corrected chi connectivity index (χ4v) is 2.94. The fourth-order valence-electron chi connectivity index (χ4n) is 2.67. The molecule has 0 saturated heterocycles. The van der Waals surface area contributed by atoms with E-state index in [4.69, 9.17) is 0 Å². The van der Waals surface area contributed by atoms with Gasteiger partial charge in [0.05, 0.1) is 0 Å². The van der Waals surface area contributed by atoms with Gasteiger partial charge < -0.3 is 5.32 Å². The maximum atomic E-state index is 3.59. The molecule has 1 unspecified atom stereocenters. The van der Waals surface area contributed by atoms with Crippen LogP contribution in [0.1, 0.15) is 35.2 Å². The van der Waals surface area contributed by atoms with Gasteiger partial charge in [-0.3, -0.25) is 0 Å². The van der Waals surface area contributed by atoms with Crippen LogP contribution in [0.4, 0.5) is 0 Å². The van der Waals surface area contributed by atoms with Crippen LogP contribution in [0, 0.1) is 13.8 Å².